The predicted octanol–water partition coefficient (Wildman–Crippen LogP) is 1.27. The summed E-state index contributed by atoms with van der Waals surface area (Å²) in [5.41, 5.74) is 0. The first-order valence-electron chi connectivity index (χ1n) is 5.33. The van der Waals surface area contributed by atoms with Gasteiger partial charge in [0.25, 0.3) is 0 Å². The first-order valence-corrected chi connectivity index (χ1v) is 5.33. The molecule has 1 N–H and O–H groups in total. The quantitative estimate of drug-likeness (QED) is 0.648. The Labute approximate surface area is 80.2 Å². The Morgan fingerprint density at radius 2 is 2.23 bits per heavy atom. The van der Waals surface area contributed by atoms with Gasteiger partial charge in [0.1, 0.15) is 0 Å². The molecule has 0 spiro atoms. The molecule has 2 nitrogen and oxygen atoms in total. The van der Waals surface area contributed by atoms with E-state index in [0.29, 0.717) is 5.92 Å². The van der Waals surface area contributed by atoms with Gasteiger partial charge in [0, 0.05) is 25.6 Å². The molecule has 3 atom stereocenters. The summed E-state index contributed by atoms with van der Waals surface area (Å²) in [5, 5.41) is 9.70. The molecule has 2 fully saturated rings. The number of aliphatic hydroxyl groups excluding tert-OH is 1. The molecule has 2 aliphatic rings. The molecule has 1 saturated heterocycles. The number of hydrogen-bond donors (Lipinski definition) is 1. The molecule has 1 aliphatic carbocycles. The lowest BCUT2D eigenvalue weighted by Gasteiger charge is -2.15. The molecule has 1 aliphatic heterocycles. The summed E-state index contributed by atoms with van der Waals surface area (Å²) in [7, 11) is 0. The Morgan fingerprint density at radius 1 is 1.38 bits per heavy atom. The lowest BCUT2D eigenvalue weighted by Crippen LogP contribution is -2.24. The van der Waals surface area contributed by atoms with Gasteiger partial charge in [0.05, 0.1) is 6.10 Å². The Bertz CT molecular complexity index is 202. The SMILES string of the molecule is C/C=C/CN1CC2CCC(O)C2C1. The fourth-order valence-electron chi connectivity index (χ4n) is 2.73. The minimum Gasteiger partial charge on any atom is -0.393 e. The number of fused-ring (bicyclic) bond motifs is 1. The van der Waals surface area contributed by atoms with E-state index in [0.717, 1.165) is 25.4 Å². The number of likely N-dealkylation sites (tertiary alicyclic amines) is 1. The van der Waals surface area contributed by atoms with Crippen molar-refractivity contribution < 1.29 is 5.11 Å². The van der Waals surface area contributed by atoms with Crippen molar-refractivity contribution in [2.24, 2.45) is 11.8 Å². The average Bonchev–Trinajstić information content (AvgIpc) is 2.65. The fourth-order valence-corrected chi connectivity index (χ4v) is 2.73. The third kappa shape index (κ3) is 1.79. The highest BCUT2D eigenvalue weighted by molar-refractivity contribution is 4.95. The van der Waals surface area contributed by atoms with Gasteiger partial charge in [-0.05, 0) is 25.7 Å². The second kappa shape index (κ2) is 3.81. The lowest BCUT2D eigenvalue weighted by atomic mass is 10.00. The van der Waals surface area contributed by atoms with Gasteiger partial charge >= 0.3 is 0 Å². The molecule has 3 unspecified atom stereocenters. The van der Waals surface area contributed by atoms with Crippen LogP contribution in [0.5, 0.6) is 0 Å². The van der Waals surface area contributed by atoms with Gasteiger partial charge in [-0.1, -0.05) is 12.2 Å². The molecule has 13 heavy (non-hydrogen) atoms. The Balaban J connectivity index is 1.87. The van der Waals surface area contributed by atoms with E-state index in [1.165, 1.54) is 13.0 Å². The highest BCUT2D eigenvalue weighted by atomic mass is 16.3. The number of hydrogen-bond acceptors (Lipinski definition) is 2. The summed E-state index contributed by atoms with van der Waals surface area (Å²) < 4.78 is 0. The first-order chi connectivity index (χ1) is 6.31. The molecule has 0 amide bonds. The molecule has 1 heterocycles. The van der Waals surface area contributed by atoms with Gasteiger partial charge in [-0.2, -0.15) is 0 Å². The summed E-state index contributed by atoms with van der Waals surface area (Å²) >= 11 is 0. The van der Waals surface area contributed by atoms with Crippen LogP contribution >= 0.6 is 0 Å². The number of allylic oxidation sites excluding steroid dienone is 1. The summed E-state index contributed by atoms with van der Waals surface area (Å²) in [4.78, 5) is 2.46. The maximum absolute atomic E-state index is 9.70. The summed E-state index contributed by atoms with van der Waals surface area (Å²) in [6.07, 6.45) is 6.56. The van der Waals surface area contributed by atoms with Crippen LogP contribution in [-0.4, -0.2) is 35.7 Å². The molecule has 74 valence electrons. The smallest absolute Gasteiger partial charge is 0.0583 e. The Morgan fingerprint density at radius 3 is 2.92 bits per heavy atom. The molecular formula is C11H19NO. The minimum atomic E-state index is -0.0133. The summed E-state index contributed by atoms with van der Waals surface area (Å²) in [6, 6.07) is 0. The third-order valence-electron chi connectivity index (χ3n) is 3.49. The highest BCUT2D eigenvalue weighted by Gasteiger charge is 2.41. The topological polar surface area (TPSA) is 23.5 Å². The molecule has 0 radical (unpaired) electrons. The Kier molecular flexibility index (Phi) is 2.70. The molecule has 2 heteroatoms. The normalized spacial score (nSPS) is 40.3. The number of rotatable bonds is 2. The number of nitrogens with zero attached hydrogens (tertiary/aromatic N) is 1. The molecule has 0 aromatic carbocycles. The molecular weight excluding hydrogens is 162 g/mol. The van der Waals surface area contributed by atoms with Crippen molar-refractivity contribution in [3.8, 4) is 0 Å². The summed E-state index contributed by atoms with van der Waals surface area (Å²) in [6.45, 7) is 5.43. The minimum absolute atomic E-state index is 0.0133. The second-order valence-corrected chi connectivity index (χ2v) is 4.36. The number of aliphatic hydroxyl groups is 1. The third-order valence-corrected chi connectivity index (χ3v) is 3.49. The second-order valence-electron chi connectivity index (χ2n) is 4.36. The maximum atomic E-state index is 9.70. The maximum Gasteiger partial charge on any atom is 0.0583 e. The van der Waals surface area contributed by atoms with Crippen molar-refractivity contribution in [3.63, 3.8) is 0 Å². The predicted molar refractivity (Wildman–Crippen MR) is 53.5 cm³/mol. The monoisotopic (exact) mass is 181 g/mol. The highest BCUT2D eigenvalue weighted by Crippen LogP contribution is 2.37. The van der Waals surface area contributed by atoms with Gasteiger partial charge < -0.3 is 5.11 Å². The van der Waals surface area contributed by atoms with Crippen LogP contribution in [0.25, 0.3) is 0 Å². The molecule has 0 aromatic heterocycles. The van der Waals surface area contributed by atoms with Crippen LogP contribution in [0.2, 0.25) is 0 Å². The van der Waals surface area contributed by atoms with Gasteiger partial charge in [0.2, 0.25) is 0 Å². The van der Waals surface area contributed by atoms with E-state index in [2.05, 4.69) is 24.0 Å². The fraction of sp³-hybridized carbons (Fsp3) is 0.818. The van der Waals surface area contributed by atoms with Crippen LogP contribution in [-0.2, 0) is 0 Å². The van der Waals surface area contributed by atoms with E-state index >= 15 is 0 Å². The van der Waals surface area contributed by atoms with E-state index in [4.69, 9.17) is 0 Å². The van der Waals surface area contributed by atoms with Crippen molar-refractivity contribution in [2.45, 2.75) is 25.9 Å². The Hall–Kier alpha value is -0.340. The van der Waals surface area contributed by atoms with Crippen LogP contribution in [0, 0.1) is 11.8 Å². The van der Waals surface area contributed by atoms with Crippen LogP contribution in [0.15, 0.2) is 12.2 Å². The van der Waals surface area contributed by atoms with Crippen molar-refractivity contribution in [1.82, 2.24) is 4.90 Å². The van der Waals surface area contributed by atoms with Crippen LogP contribution in [0.1, 0.15) is 19.8 Å². The first kappa shape index (κ1) is 9.22. The summed E-state index contributed by atoms with van der Waals surface area (Å²) in [5.74, 6) is 1.35. The van der Waals surface area contributed by atoms with E-state index in [-0.39, 0.29) is 6.10 Å². The van der Waals surface area contributed by atoms with Crippen molar-refractivity contribution >= 4 is 0 Å². The van der Waals surface area contributed by atoms with Gasteiger partial charge in [0.15, 0.2) is 0 Å². The van der Waals surface area contributed by atoms with Crippen molar-refractivity contribution in [3.05, 3.63) is 12.2 Å². The van der Waals surface area contributed by atoms with E-state index in [1.807, 2.05) is 0 Å². The van der Waals surface area contributed by atoms with Gasteiger partial charge in [-0.15, -0.1) is 0 Å². The largest absolute Gasteiger partial charge is 0.393 e. The lowest BCUT2D eigenvalue weighted by molar-refractivity contribution is 0.125. The molecule has 0 aromatic rings. The van der Waals surface area contributed by atoms with Crippen molar-refractivity contribution in [2.75, 3.05) is 19.6 Å². The zero-order chi connectivity index (χ0) is 9.26. The van der Waals surface area contributed by atoms with Crippen LogP contribution < -0.4 is 0 Å². The van der Waals surface area contributed by atoms with E-state index in [1.54, 1.807) is 0 Å². The van der Waals surface area contributed by atoms with E-state index in [9.17, 15) is 5.11 Å². The average molecular weight is 181 g/mol. The van der Waals surface area contributed by atoms with Gasteiger partial charge in [-0.3, -0.25) is 4.90 Å². The van der Waals surface area contributed by atoms with Crippen molar-refractivity contribution in [1.29, 1.82) is 0 Å². The van der Waals surface area contributed by atoms with Crippen LogP contribution in [0.3, 0.4) is 0 Å². The van der Waals surface area contributed by atoms with Gasteiger partial charge in [-0.25, -0.2) is 0 Å². The zero-order valence-corrected chi connectivity index (χ0v) is 8.32. The van der Waals surface area contributed by atoms with Crippen LogP contribution in [0.4, 0.5) is 0 Å². The standard InChI is InChI=1S/C11H19NO/c1-2-3-6-12-7-9-4-5-11(13)10(9)8-12/h2-3,9-11,13H,4-8H2,1H3/b3-2+. The molecule has 2 rings (SSSR count). The van der Waals surface area contributed by atoms with E-state index < -0.39 is 0 Å². The molecule has 0 bridgehead atoms. The zero-order valence-electron chi connectivity index (χ0n) is 8.32. The molecule has 1 saturated carbocycles.